The molecule has 0 spiro atoms. The lowest BCUT2D eigenvalue weighted by molar-refractivity contribution is 0.142. The molecule has 0 radical (unpaired) electrons. The van der Waals surface area contributed by atoms with E-state index in [0.29, 0.717) is 0 Å². The number of rotatable bonds is 7. The molecule has 1 heterocycles. The maximum atomic E-state index is 6.49. The van der Waals surface area contributed by atoms with Crippen molar-refractivity contribution in [1.82, 2.24) is 0 Å². The highest BCUT2D eigenvalue weighted by Crippen LogP contribution is 2.42. The quantitative estimate of drug-likeness (QED) is 0.520. The van der Waals surface area contributed by atoms with Gasteiger partial charge in [0.2, 0.25) is 0 Å². The van der Waals surface area contributed by atoms with E-state index in [2.05, 4.69) is 70.2 Å². The lowest BCUT2D eigenvalue weighted by atomic mass is 9.86. The van der Waals surface area contributed by atoms with Gasteiger partial charge in [0, 0.05) is 0 Å². The Morgan fingerprint density at radius 1 is 1.07 bits per heavy atom. The largest absolute Gasteiger partial charge is 0.496 e. The van der Waals surface area contributed by atoms with Gasteiger partial charge < -0.3 is 9.47 Å². The minimum atomic E-state index is -0.331. The highest BCUT2D eigenvalue weighted by Gasteiger charge is 2.32. The van der Waals surface area contributed by atoms with Crippen molar-refractivity contribution in [2.75, 3.05) is 7.11 Å². The second-order valence-electron chi connectivity index (χ2n) is 8.05. The first-order valence-electron chi connectivity index (χ1n) is 10.1. The second-order valence-corrected chi connectivity index (χ2v) is 8.05. The number of benzene rings is 2. The van der Waals surface area contributed by atoms with Crippen LogP contribution in [0.4, 0.5) is 0 Å². The van der Waals surface area contributed by atoms with Gasteiger partial charge in [-0.3, -0.25) is 0 Å². The van der Waals surface area contributed by atoms with E-state index in [4.69, 9.17) is 9.47 Å². The van der Waals surface area contributed by atoms with Crippen LogP contribution in [0, 0.1) is 6.92 Å². The molecule has 0 N–H and O–H groups in total. The van der Waals surface area contributed by atoms with Crippen LogP contribution in [-0.4, -0.2) is 12.7 Å². The topological polar surface area (TPSA) is 18.5 Å². The standard InChI is InChI=1S/C25H32O2/c1-6-7-8-12-19-14-23(26-5)22-17-21(25(3,4)27-24(22)15-19)16-20-13-10-9-11-18(20)2/h9-11,13-15,17H,6-8,12,16H2,1-5H3. The summed E-state index contributed by atoms with van der Waals surface area (Å²) in [5, 5.41) is 0. The number of ether oxygens (including phenoxy) is 2. The number of hydrogen-bond donors (Lipinski definition) is 0. The van der Waals surface area contributed by atoms with Gasteiger partial charge >= 0.3 is 0 Å². The third kappa shape index (κ3) is 4.37. The monoisotopic (exact) mass is 364 g/mol. The van der Waals surface area contributed by atoms with Crippen LogP contribution >= 0.6 is 0 Å². The lowest BCUT2D eigenvalue weighted by Crippen LogP contribution is -2.34. The summed E-state index contributed by atoms with van der Waals surface area (Å²) < 4.78 is 12.2. The summed E-state index contributed by atoms with van der Waals surface area (Å²) in [6, 6.07) is 13.0. The fraction of sp³-hybridized carbons (Fsp3) is 0.440. The molecule has 0 aromatic heterocycles. The summed E-state index contributed by atoms with van der Waals surface area (Å²) in [6.07, 6.45) is 7.93. The molecule has 0 saturated carbocycles. The highest BCUT2D eigenvalue weighted by atomic mass is 16.5. The Bertz CT molecular complexity index is 830. The Labute approximate surface area is 164 Å². The number of methoxy groups -OCH3 is 1. The average Bonchev–Trinajstić information content (AvgIpc) is 2.63. The van der Waals surface area contributed by atoms with E-state index < -0.39 is 0 Å². The molecule has 27 heavy (non-hydrogen) atoms. The van der Waals surface area contributed by atoms with Gasteiger partial charge in [0.15, 0.2) is 0 Å². The summed E-state index contributed by atoms with van der Waals surface area (Å²) in [6.45, 7) is 8.73. The zero-order valence-electron chi connectivity index (χ0n) is 17.4. The molecular weight excluding hydrogens is 332 g/mol. The minimum absolute atomic E-state index is 0.331. The van der Waals surface area contributed by atoms with E-state index in [1.165, 1.54) is 41.5 Å². The van der Waals surface area contributed by atoms with E-state index in [1.807, 2.05) is 0 Å². The summed E-state index contributed by atoms with van der Waals surface area (Å²) >= 11 is 0. The van der Waals surface area contributed by atoms with Crippen LogP contribution in [0.3, 0.4) is 0 Å². The van der Waals surface area contributed by atoms with Gasteiger partial charge in [0.25, 0.3) is 0 Å². The van der Waals surface area contributed by atoms with Gasteiger partial charge in [0.1, 0.15) is 17.1 Å². The summed E-state index contributed by atoms with van der Waals surface area (Å²) in [7, 11) is 1.75. The molecule has 3 rings (SSSR count). The zero-order chi connectivity index (χ0) is 19.4. The van der Waals surface area contributed by atoms with Gasteiger partial charge in [-0.2, -0.15) is 0 Å². The van der Waals surface area contributed by atoms with Crippen LogP contribution in [0.2, 0.25) is 0 Å². The molecule has 0 amide bonds. The van der Waals surface area contributed by atoms with Gasteiger partial charge in [-0.05, 0) is 80.5 Å². The molecule has 0 atom stereocenters. The van der Waals surface area contributed by atoms with Crippen molar-refractivity contribution < 1.29 is 9.47 Å². The lowest BCUT2D eigenvalue weighted by Gasteiger charge is -2.35. The maximum Gasteiger partial charge on any atom is 0.131 e. The molecule has 2 aromatic rings. The SMILES string of the molecule is CCCCCc1cc(OC)c2c(c1)OC(C)(C)C(Cc1ccccc1C)=C2. The van der Waals surface area contributed by atoms with Crippen LogP contribution in [0.25, 0.3) is 6.08 Å². The van der Waals surface area contributed by atoms with Crippen molar-refractivity contribution in [3.8, 4) is 11.5 Å². The number of unbranched alkanes of at least 4 members (excludes halogenated alkanes) is 2. The van der Waals surface area contributed by atoms with Crippen LogP contribution in [-0.2, 0) is 12.8 Å². The van der Waals surface area contributed by atoms with E-state index >= 15 is 0 Å². The summed E-state index contributed by atoms with van der Waals surface area (Å²) in [5.74, 6) is 1.86. The van der Waals surface area contributed by atoms with E-state index in [-0.39, 0.29) is 5.60 Å². The minimum Gasteiger partial charge on any atom is -0.496 e. The fourth-order valence-corrected chi connectivity index (χ4v) is 3.74. The first-order chi connectivity index (χ1) is 12.9. The molecule has 0 bridgehead atoms. The molecule has 2 heteroatoms. The van der Waals surface area contributed by atoms with Crippen LogP contribution in [0.15, 0.2) is 42.0 Å². The average molecular weight is 365 g/mol. The smallest absolute Gasteiger partial charge is 0.131 e. The number of hydrogen-bond acceptors (Lipinski definition) is 2. The predicted molar refractivity (Wildman–Crippen MR) is 114 cm³/mol. The van der Waals surface area contributed by atoms with Gasteiger partial charge in [-0.25, -0.2) is 0 Å². The van der Waals surface area contributed by atoms with Crippen LogP contribution in [0.1, 0.15) is 62.3 Å². The molecule has 2 aromatic carbocycles. The maximum absolute atomic E-state index is 6.49. The molecular formula is C25H32O2. The molecule has 2 nitrogen and oxygen atoms in total. The molecule has 1 aliphatic heterocycles. The predicted octanol–water partition coefficient (Wildman–Crippen LogP) is 6.53. The highest BCUT2D eigenvalue weighted by molar-refractivity contribution is 5.71. The Morgan fingerprint density at radius 3 is 2.56 bits per heavy atom. The van der Waals surface area contributed by atoms with Crippen molar-refractivity contribution >= 4 is 6.08 Å². The Morgan fingerprint density at radius 2 is 1.85 bits per heavy atom. The third-order valence-electron chi connectivity index (χ3n) is 5.55. The van der Waals surface area contributed by atoms with Crippen molar-refractivity contribution in [2.45, 2.75) is 65.4 Å². The summed E-state index contributed by atoms with van der Waals surface area (Å²) in [4.78, 5) is 0. The Balaban J connectivity index is 1.96. The van der Waals surface area contributed by atoms with Crippen LogP contribution in [0.5, 0.6) is 11.5 Å². The van der Waals surface area contributed by atoms with Crippen molar-refractivity contribution in [2.24, 2.45) is 0 Å². The van der Waals surface area contributed by atoms with E-state index in [1.54, 1.807) is 7.11 Å². The van der Waals surface area contributed by atoms with Crippen molar-refractivity contribution in [1.29, 1.82) is 0 Å². The molecule has 0 unspecified atom stereocenters. The van der Waals surface area contributed by atoms with Gasteiger partial charge in [-0.15, -0.1) is 0 Å². The van der Waals surface area contributed by atoms with Gasteiger partial charge in [0.05, 0.1) is 12.7 Å². The molecule has 0 aliphatic carbocycles. The van der Waals surface area contributed by atoms with Crippen LogP contribution < -0.4 is 9.47 Å². The van der Waals surface area contributed by atoms with Crippen molar-refractivity contribution in [3.63, 3.8) is 0 Å². The number of fused-ring (bicyclic) bond motifs is 1. The molecule has 1 aliphatic rings. The molecule has 144 valence electrons. The fourth-order valence-electron chi connectivity index (χ4n) is 3.74. The molecule has 0 saturated heterocycles. The first kappa shape index (κ1) is 19.5. The van der Waals surface area contributed by atoms with E-state index in [0.717, 1.165) is 29.9 Å². The third-order valence-corrected chi connectivity index (χ3v) is 5.55. The number of aryl methyl sites for hydroxylation is 2. The van der Waals surface area contributed by atoms with Gasteiger partial charge in [-0.1, -0.05) is 44.0 Å². The van der Waals surface area contributed by atoms with Crippen molar-refractivity contribution in [3.05, 3.63) is 64.2 Å². The second kappa shape index (κ2) is 8.21. The Hall–Kier alpha value is -2.22. The Kier molecular flexibility index (Phi) is 5.94. The van der Waals surface area contributed by atoms with E-state index in [9.17, 15) is 0 Å². The first-order valence-corrected chi connectivity index (χ1v) is 10.1. The molecule has 0 fully saturated rings. The normalized spacial score (nSPS) is 14.9. The summed E-state index contributed by atoms with van der Waals surface area (Å²) in [5.41, 5.74) is 5.98. The zero-order valence-corrected chi connectivity index (χ0v) is 17.4.